The number of nitrogens with two attached hydrogens (primary N) is 1. The molecule has 0 saturated carbocycles. The van der Waals surface area contributed by atoms with Crippen molar-refractivity contribution < 1.29 is 4.79 Å². The molecule has 3 nitrogen and oxygen atoms in total. The predicted molar refractivity (Wildman–Crippen MR) is 41.8 cm³/mol. The quantitative estimate of drug-likeness (QED) is 0.544. The summed E-state index contributed by atoms with van der Waals surface area (Å²) in [6.45, 7) is 0. The van der Waals surface area contributed by atoms with Crippen LogP contribution in [0.1, 0.15) is 25.7 Å². The minimum atomic E-state index is -0.0972. The maximum Gasteiger partial charge on any atom is 0.221 e. The summed E-state index contributed by atoms with van der Waals surface area (Å²) in [4.78, 5) is 10.7. The third-order valence-electron chi connectivity index (χ3n) is 1.52. The third-order valence-corrected chi connectivity index (χ3v) is 1.52. The smallest absolute Gasteiger partial charge is 0.221 e. The zero-order valence-electron chi connectivity index (χ0n) is 5.80. The maximum absolute atomic E-state index is 10.7. The fourth-order valence-electron chi connectivity index (χ4n) is 1.00. The van der Waals surface area contributed by atoms with Crippen LogP contribution in [-0.4, -0.2) is 12.1 Å². The molecule has 3 N–H and O–H groups in total. The van der Waals surface area contributed by atoms with E-state index in [-0.39, 0.29) is 24.5 Å². The van der Waals surface area contributed by atoms with E-state index in [0.717, 1.165) is 19.3 Å². The van der Waals surface area contributed by atoms with Crippen LogP contribution in [0.4, 0.5) is 0 Å². The van der Waals surface area contributed by atoms with Gasteiger partial charge in [0, 0.05) is 6.42 Å². The number of halogens is 1. The van der Waals surface area contributed by atoms with Crippen molar-refractivity contribution in [3.63, 3.8) is 0 Å². The Kier molecular flexibility index (Phi) is 4.40. The van der Waals surface area contributed by atoms with Crippen molar-refractivity contribution in [2.75, 3.05) is 0 Å². The Balaban J connectivity index is 0.000000810. The molecule has 1 aliphatic heterocycles. The van der Waals surface area contributed by atoms with Gasteiger partial charge in [0.25, 0.3) is 0 Å². The molecule has 0 unspecified atom stereocenters. The molecular weight excluding hydrogens is 152 g/mol. The molecule has 1 aliphatic rings. The first-order chi connectivity index (χ1) is 4.29. The maximum atomic E-state index is 10.7. The Hall–Kier alpha value is -0.280. The minimum absolute atomic E-state index is 0. The molecule has 1 amide bonds. The molecule has 1 heterocycles. The zero-order valence-corrected chi connectivity index (χ0v) is 6.62. The van der Waals surface area contributed by atoms with Gasteiger partial charge in [0.15, 0.2) is 0 Å². The molecule has 0 radical (unpaired) electrons. The van der Waals surface area contributed by atoms with Crippen LogP contribution < -0.4 is 11.1 Å². The van der Waals surface area contributed by atoms with Gasteiger partial charge in [-0.1, -0.05) is 0 Å². The van der Waals surface area contributed by atoms with Gasteiger partial charge in [0.2, 0.25) is 5.91 Å². The van der Waals surface area contributed by atoms with Crippen LogP contribution in [0.15, 0.2) is 0 Å². The first-order valence-electron chi connectivity index (χ1n) is 3.34. The fraction of sp³-hybridized carbons (Fsp3) is 0.833. The van der Waals surface area contributed by atoms with Gasteiger partial charge in [-0.05, 0) is 19.3 Å². The highest BCUT2D eigenvalue weighted by atomic mass is 35.5. The lowest BCUT2D eigenvalue weighted by Crippen LogP contribution is -2.39. The fourth-order valence-corrected chi connectivity index (χ4v) is 1.00. The molecule has 10 heavy (non-hydrogen) atoms. The average Bonchev–Trinajstić information content (AvgIpc) is 1.93. The minimum Gasteiger partial charge on any atom is -0.341 e. The first-order valence-corrected chi connectivity index (χ1v) is 3.34. The molecule has 0 aromatic carbocycles. The molecule has 0 spiro atoms. The SMILES string of the molecule is Cl.N[C@@H]1CCCCC(=O)N1. The normalized spacial score (nSPS) is 26.1. The van der Waals surface area contributed by atoms with E-state index < -0.39 is 0 Å². The van der Waals surface area contributed by atoms with E-state index in [0.29, 0.717) is 6.42 Å². The van der Waals surface area contributed by atoms with E-state index in [9.17, 15) is 4.79 Å². The second kappa shape index (κ2) is 4.52. The van der Waals surface area contributed by atoms with Gasteiger partial charge >= 0.3 is 0 Å². The van der Waals surface area contributed by atoms with Crippen LogP contribution in [0.3, 0.4) is 0 Å². The number of hydrogen-bond acceptors (Lipinski definition) is 2. The Bertz CT molecular complexity index is 118. The van der Waals surface area contributed by atoms with Crippen LogP contribution in [0.5, 0.6) is 0 Å². The summed E-state index contributed by atoms with van der Waals surface area (Å²) in [5.41, 5.74) is 5.49. The van der Waals surface area contributed by atoms with Crippen LogP contribution in [-0.2, 0) is 4.79 Å². The number of carbonyl (C=O) groups is 1. The van der Waals surface area contributed by atoms with Crippen LogP contribution in [0, 0.1) is 0 Å². The summed E-state index contributed by atoms with van der Waals surface area (Å²) in [6, 6.07) is 0. The summed E-state index contributed by atoms with van der Waals surface area (Å²) >= 11 is 0. The van der Waals surface area contributed by atoms with Crippen molar-refractivity contribution in [3.05, 3.63) is 0 Å². The van der Waals surface area contributed by atoms with Crippen LogP contribution in [0.2, 0.25) is 0 Å². The Labute approximate surface area is 66.8 Å². The summed E-state index contributed by atoms with van der Waals surface area (Å²) in [6.07, 6.45) is 3.53. The molecule has 1 saturated heterocycles. The Morgan fingerprint density at radius 2 is 2.20 bits per heavy atom. The molecule has 0 aliphatic carbocycles. The number of carbonyl (C=O) groups excluding carboxylic acids is 1. The van der Waals surface area contributed by atoms with Gasteiger partial charge in [-0.2, -0.15) is 0 Å². The van der Waals surface area contributed by atoms with E-state index in [1.54, 1.807) is 0 Å². The van der Waals surface area contributed by atoms with Gasteiger partial charge < -0.3 is 11.1 Å². The molecule has 4 heteroatoms. The molecule has 1 rings (SSSR count). The summed E-state index contributed by atoms with van der Waals surface area (Å²) in [5, 5.41) is 2.68. The number of amides is 1. The lowest BCUT2D eigenvalue weighted by atomic mass is 10.2. The first kappa shape index (κ1) is 9.72. The van der Waals surface area contributed by atoms with E-state index in [2.05, 4.69) is 5.32 Å². The highest BCUT2D eigenvalue weighted by Gasteiger charge is 2.10. The largest absolute Gasteiger partial charge is 0.341 e. The number of rotatable bonds is 0. The molecular formula is C6H13ClN2O. The van der Waals surface area contributed by atoms with Crippen LogP contribution >= 0.6 is 12.4 Å². The Morgan fingerprint density at radius 1 is 1.50 bits per heavy atom. The Morgan fingerprint density at radius 3 is 2.90 bits per heavy atom. The van der Waals surface area contributed by atoms with Gasteiger partial charge in [0.1, 0.15) is 0 Å². The van der Waals surface area contributed by atoms with E-state index in [4.69, 9.17) is 5.73 Å². The van der Waals surface area contributed by atoms with Crippen molar-refractivity contribution in [3.8, 4) is 0 Å². The van der Waals surface area contributed by atoms with E-state index in [1.807, 2.05) is 0 Å². The van der Waals surface area contributed by atoms with Gasteiger partial charge in [-0.3, -0.25) is 4.79 Å². The third kappa shape index (κ3) is 3.03. The zero-order chi connectivity index (χ0) is 6.69. The van der Waals surface area contributed by atoms with Gasteiger partial charge in [0.05, 0.1) is 6.17 Å². The van der Waals surface area contributed by atoms with Gasteiger partial charge in [-0.25, -0.2) is 0 Å². The van der Waals surface area contributed by atoms with Crippen molar-refractivity contribution >= 4 is 18.3 Å². The number of nitrogens with one attached hydrogen (secondary N) is 1. The van der Waals surface area contributed by atoms with Crippen molar-refractivity contribution in [1.82, 2.24) is 5.32 Å². The highest BCUT2D eigenvalue weighted by molar-refractivity contribution is 5.85. The predicted octanol–water partition coefficient (Wildman–Crippen LogP) is 0.383. The van der Waals surface area contributed by atoms with E-state index >= 15 is 0 Å². The topological polar surface area (TPSA) is 55.1 Å². The molecule has 1 atom stereocenters. The molecule has 1 fully saturated rings. The summed E-state index contributed by atoms with van der Waals surface area (Å²) < 4.78 is 0. The molecule has 0 aromatic heterocycles. The lowest BCUT2D eigenvalue weighted by molar-refractivity contribution is -0.121. The molecule has 0 bridgehead atoms. The molecule has 60 valence electrons. The monoisotopic (exact) mass is 164 g/mol. The lowest BCUT2D eigenvalue weighted by Gasteiger charge is -2.07. The second-order valence-electron chi connectivity index (χ2n) is 2.42. The second-order valence-corrected chi connectivity index (χ2v) is 2.42. The summed E-state index contributed by atoms with van der Waals surface area (Å²) in [7, 11) is 0. The van der Waals surface area contributed by atoms with Gasteiger partial charge in [-0.15, -0.1) is 12.4 Å². The van der Waals surface area contributed by atoms with Crippen molar-refractivity contribution in [1.29, 1.82) is 0 Å². The number of hydrogen-bond donors (Lipinski definition) is 2. The van der Waals surface area contributed by atoms with Crippen molar-refractivity contribution in [2.45, 2.75) is 31.8 Å². The van der Waals surface area contributed by atoms with Crippen LogP contribution in [0.25, 0.3) is 0 Å². The molecule has 0 aromatic rings. The average molecular weight is 165 g/mol. The van der Waals surface area contributed by atoms with Crippen molar-refractivity contribution in [2.24, 2.45) is 5.73 Å². The summed E-state index contributed by atoms with van der Waals surface area (Å²) in [5.74, 6) is 0.0972. The standard InChI is InChI=1S/C6H12N2O.ClH/c7-5-3-1-2-4-6(9)8-5;/h5H,1-4,7H2,(H,8,9);1H/t5-;/m0./s1. The van der Waals surface area contributed by atoms with E-state index in [1.165, 1.54) is 0 Å². The highest BCUT2D eigenvalue weighted by Crippen LogP contribution is 2.05.